The third kappa shape index (κ3) is 2.96. The van der Waals surface area contributed by atoms with Gasteiger partial charge in [-0.3, -0.25) is 9.69 Å². The highest BCUT2D eigenvalue weighted by Gasteiger charge is 2.47. The van der Waals surface area contributed by atoms with Gasteiger partial charge in [-0.1, -0.05) is 6.07 Å². The van der Waals surface area contributed by atoms with Crippen LogP contribution >= 0.6 is 0 Å². The van der Waals surface area contributed by atoms with Gasteiger partial charge in [-0.05, 0) is 31.3 Å². The summed E-state index contributed by atoms with van der Waals surface area (Å²) < 4.78 is 25.9. The minimum atomic E-state index is -3.10. The van der Waals surface area contributed by atoms with Gasteiger partial charge in [0.2, 0.25) is 0 Å². The fourth-order valence-corrected chi connectivity index (χ4v) is 5.80. The number of nitrogens with zero attached hydrogens (tertiary/aromatic N) is 4. The molecule has 0 radical (unpaired) electrons. The Balaban J connectivity index is 1.64. The summed E-state index contributed by atoms with van der Waals surface area (Å²) in [5.41, 5.74) is 1.36. The van der Waals surface area contributed by atoms with Gasteiger partial charge in [0.15, 0.2) is 9.84 Å². The molecule has 2 saturated heterocycles. The molecule has 3 heterocycles. The molecular weight excluding hydrogens is 340 g/mol. The minimum Gasteiger partial charge on any atom is -0.332 e. The van der Waals surface area contributed by atoms with Crippen LogP contribution in [0.3, 0.4) is 0 Å². The molecule has 2 aliphatic heterocycles. The number of benzene rings is 1. The Morgan fingerprint density at radius 1 is 1.16 bits per heavy atom. The smallest absolute Gasteiger partial charge is 0.254 e. The van der Waals surface area contributed by atoms with Gasteiger partial charge in [0.05, 0.1) is 23.2 Å². The van der Waals surface area contributed by atoms with E-state index >= 15 is 0 Å². The topological polar surface area (TPSA) is 75.5 Å². The number of piperazine rings is 1. The predicted molar refractivity (Wildman–Crippen MR) is 93.5 cm³/mol. The zero-order chi connectivity index (χ0) is 17.6. The van der Waals surface area contributed by atoms with Crippen LogP contribution in [0.15, 0.2) is 42.7 Å². The van der Waals surface area contributed by atoms with Crippen molar-refractivity contribution in [1.82, 2.24) is 19.6 Å². The zero-order valence-electron chi connectivity index (χ0n) is 13.9. The molecule has 8 heteroatoms. The molecule has 4 rings (SSSR count). The number of carbonyl (C=O) groups is 1. The van der Waals surface area contributed by atoms with E-state index in [1.807, 2.05) is 31.4 Å². The highest BCUT2D eigenvalue weighted by molar-refractivity contribution is 7.91. The molecule has 0 N–H and O–H groups in total. The maximum atomic E-state index is 13.1. The van der Waals surface area contributed by atoms with Gasteiger partial charge in [-0.2, -0.15) is 5.10 Å². The number of rotatable bonds is 2. The van der Waals surface area contributed by atoms with Crippen LogP contribution in [0.1, 0.15) is 10.4 Å². The molecule has 0 bridgehead atoms. The summed E-state index contributed by atoms with van der Waals surface area (Å²) in [6, 6.07) is 8.71. The number of likely N-dealkylation sites (N-methyl/N-ethyl adjacent to an activating group) is 1. The van der Waals surface area contributed by atoms with Gasteiger partial charge >= 0.3 is 0 Å². The molecule has 2 aliphatic rings. The maximum Gasteiger partial charge on any atom is 0.254 e. The Morgan fingerprint density at radius 2 is 1.96 bits per heavy atom. The van der Waals surface area contributed by atoms with Crippen molar-refractivity contribution in [2.45, 2.75) is 12.1 Å². The van der Waals surface area contributed by atoms with E-state index < -0.39 is 9.84 Å². The first-order valence-electron chi connectivity index (χ1n) is 8.26. The Bertz CT molecular complexity index is 894. The Morgan fingerprint density at radius 3 is 2.72 bits per heavy atom. The van der Waals surface area contributed by atoms with Crippen molar-refractivity contribution in [1.29, 1.82) is 0 Å². The number of carbonyl (C=O) groups excluding carboxylic acids is 1. The van der Waals surface area contributed by atoms with E-state index in [1.165, 1.54) is 0 Å². The van der Waals surface area contributed by atoms with Crippen molar-refractivity contribution in [2.24, 2.45) is 0 Å². The van der Waals surface area contributed by atoms with E-state index in [2.05, 4.69) is 10.00 Å². The second-order valence-corrected chi connectivity index (χ2v) is 8.85. The summed E-state index contributed by atoms with van der Waals surface area (Å²) in [4.78, 5) is 16.9. The molecule has 25 heavy (non-hydrogen) atoms. The summed E-state index contributed by atoms with van der Waals surface area (Å²) in [5.74, 6) is 0.0620. The van der Waals surface area contributed by atoms with Crippen LogP contribution in [0.4, 0.5) is 0 Å². The molecule has 1 amide bonds. The van der Waals surface area contributed by atoms with Gasteiger partial charge in [0, 0.05) is 37.1 Å². The molecule has 0 aliphatic carbocycles. The summed E-state index contributed by atoms with van der Waals surface area (Å²) in [6.45, 7) is 1.22. The van der Waals surface area contributed by atoms with Crippen molar-refractivity contribution in [3.63, 3.8) is 0 Å². The lowest BCUT2D eigenvalue weighted by atomic mass is 10.0. The van der Waals surface area contributed by atoms with Crippen molar-refractivity contribution in [3.8, 4) is 5.69 Å². The normalized spacial score (nSPS) is 25.7. The van der Waals surface area contributed by atoms with E-state index in [-0.39, 0.29) is 29.5 Å². The van der Waals surface area contributed by atoms with Crippen molar-refractivity contribution >= 4 is 15.7 Å². The van der Waals surface area contributed by atoms with E-state index in [9.17, 15) is 13.2 Å². The standard InChI is InChI=1S/C17H20N4O3S/c1-19-8-9-20(16-12-25(23,24)11-15(16)19)17(22)13-4-2-5-14(10-13)21-7-3-6-18-21/h2-7,10,15-16H,8-9,11-12H2,1H3/t15-,16+/m0/s1. The average Bonchev–Trinajstić information content (AvgIpc) is 3.22. The quantitative estimate of drug-likeness (QED) is 0.776. The molecule has 7 nitrogen and oxygen atoms in total. The monoisotopic (exact) mass is 360 g/mol. The number of aromatic nitrogens is 2. The highest BCUT2D eigenvalue weighted by atomic mass is 32.2. The van der Waals surface area contributed by atoms with Crippen LogP contribution in [0.25, 0.3) is 5.69 Å². The van der Waals surface area contributed by atoms with Gasteiger partial charge in [-0.25, -0.2) is 13.1 Å². The molecule has 0 unspecified atom stereocenters. The number of hydrogen-bond donors (Lipinski definition) is 0. The summed E-state index contributed by atoms with van der Waals surface area (Å²) >= 11 is 0. The Labute approximate surface area is 146 Å². The third-order valence-corrected chi connectivity index (χ3v) is 6.78. The second-order valence-electron chi connectivity index (χ2n) is 6.69. The highest BCUT2D eigenvalue weighted by Crippen LogP contribution is 2.27. The van der Waals surface area contributed by atoms with Crippen LogP contribution in [-0.4, -0.2) is 77.6 Å². The molecule has 0 saturated carbocycles. The van der Waals surface area contributed by atoms with Gasteiger partial charge < -0.3 is 4.90 Å². The Kier molecular flexibility index (Phi) is 3.88. The zero-order valence-corrected chi connectivity index (χ0v) is 14.8. The molecule has 2 fully saturated rings. The first kappa shape index (κ1) is 16.3. The van der Waals surface area contributed by atoms with Crippen LogP contribution in [0.2, 0.25) is 0 Å². The SMILES string of the molecule is CN1CCN(C(=O)c2cccc(-n3cccn3)c2)[C@@H]2CS(=O)(=O)C[C@@H]21. The first-order valence-corrected chi connectivity index (χ1v) is 10.1. The summed E-state index contributed by atoms with van der Waals surface area (Å²) in [7, 11) is -1.17. The predicted octanol–water partition coefficient (Wildman–Crippen LogP) is 0.426. The van der Waals surface area contributed by atoms with E-state index in [4.69, 9.17) is 0 Å². The number of hydrogen-bond acceptors (Lipinski definition) is 5. The largest absolute Gasteiger partial charge is 0.332 e. The summed E-state index contributed by atoms with van der Waals surface area (Å²) in [5, 5.41) is 4.19. The van der Waals surface area contributed by atoms with Gasteiger partial charge in [0.25, 0.3) is 5.91 Å². The molecule has 2 atom stereocenters. The molecular formula is C17H20N4O3S. The number of fused-ring (bicyclic) bond motifs is 1. The lowest BCUT2D eigenvalue weighted by molar-refractivity contribution is 0.0410. The molecule has 0 spiro atoms. The van der Waals surface area contributed by atoms with Gasteiger partial charge in [-0.15, -0.1) is 0 Å². The van der Waals surface area contributed by atoms with E-state index in [0.29, 0.717) is 18.7 Å². The molecule has 1 aromatic heterocycles. The fraction of sp³-hybridized carbons (Fsp3) is 0.412. The third-order valence-electron chi connectivity index (χ3n) is 5.08. The fourth-order valence-electron chi connectivity index (χ4n) is 3.75. The second kappa shape index (κ2) is 5.96. The van der Waals surface area contributed by atoms with Crippen LogP contribution < -0.4 is 0 Å². The number of sulfone groups is 1. The lowest BCUT2D eigenvalue weighted by Crippen LogP contribution is -2.59. The van der Waals surface area contributed by atoms with Gasteiger partial charge in [0.1, 0.15) is 0 Å². The number of amides is 1. The van der Waals surface area contributed by atoms with Crippen molar-refractivity contribution in [2.75, 3.05) is 31.6 Å². The molecule has 2 aromatic rings. The van der Waals surface area contributed by atoms with E-state index in [1.54, 1.807) is 27.9 Å². The minimum absolute atomic E-state index is 0.0482. The first-order chi connectivity index (χ1) is 11.9. The summed E-state index contributed by atoms with van der Waals surface area (Å²) in [6.07, 6.45) is 3.50. The van der Waals surface area contributed by atoms with Crippen LogP contribution in [-0.2, 0) is 9.84 Å². The molecule has 132 valence electrons. The maximum absolute atomic E-state index is 13.1. The van der Waals surface area contributed by atoms with E-state index in [0.717, 1.165) is 5.69 Å². The van der Waals surface area contributed by atoms with Crippen molar-refractivity contribution in [3.05, 3.63) is 48.3 Å². The average molecular weight is 360 g/mol. The van der Waals surface area contributed by atoms with Crippen molar-refractivity contribution < 1.29 is 13.2 Å². The lowest BCUT2D eigenvalue weighted by Gasteiger charge is -2.42. The van der Waals surface area contributed by atoms with Crippen LogP contribution in [0, 0.1) is 0 Å². The molecule has 1 aromatic carbocycles. The Hall–Kier alpha value is -2.19. The van der Waals surface area contributed by atoms with Crippen LogP contribution in [0.5, 0.6) is 0 Å².